The lowest BCUT2D eigenvalue weighted by molar-refractivity contribution is 0.358. The second-order valence-corrected chi connectivity index (χ2v) is 9.21. The van der Waals surface area contributed by atoms with E-state index < -0.39 is 15.8 Å². The highest BCUT2D eigenvalue weighted by Crippen LogP contribution is 2.46. The summed E-state index contributed by atoms with van der Waals surface area (Å²) < 4.78 is 33.5. The van der Waals surface area contributed by atoms with E-state index in [1.54, 1.807) is 66.7 Å². The van der Waals surface area contributed by atoms with Gasteiger partial charge < -0.3 is 10.5 Å². The Morgan fingerprint density at radius 3 is 2.19 bits per heavy atom. The summed E-state index contributed by atoms with van der Waals surface area (Å²) in [4.78, 5) is 0.0322. The third kappa shape index (κ3) is 3.81. The number of sulfone groups is 1. The van der Waals surface area contributed by atoms with Crippen molar-refractivity contribution in [2.45, 2.75) is 10.8 Å². The number of halogens is 1. The van der Waals surface area contributed by atoms with E-state index in [1.807, 2.05) is 12.1 Å². The van der Waals surface area contributed by atoms with Crippen molar-refractivity contribution in [2.75, 3.05) is 0 Å². The molecule has 0 fully saturated rings. The molecule has 0 aliphatic carbocycles. The minimum Gasteiger partial charge on any atom is -0.439 e. The zero-order chi connectivity index (χ0) is 22.0. The van der Waals surface area contributed by atoms with Gasteiger partial charge in [-0.1, -0.05) is 72.3 Å². The lowest BCUT2D eigenvalue weighted by Gasteiger charge is -2.29. The number of hydrogen-bond donors (Lipinski definition) is 1. The van der Waals surface area contributed by atoms with Gasteiger partial charge in [-0.25, -0.2) is 8.42 Å². The summed E-state index contributed by atoms with van der Waals surface area (Å²) in [6.07, 6.45) is 0. The van der Waals surface area contributed by atoms with Crippen LogP contribution in [0.15, 0.2) is 106 Å². The van der Waals surface area contributed by atoms with Crippen molar-refractivity contribution >= 4 is 27.2 Å². The monoisotopic (exact) mass is 448 g/mol. The zero-order valence-electron chi connectivity index (χ0n) is 16.2. The molecule has 5 nitrogen and oxygen atoms in total. The molecule has 3 aromatic rings. The second-order valence-electron chi connectivity index (χ2n) is 6.86. The Hall–Kier alpha value is -3.53. The molecule has 1 unspecified atom stereocenters. The predicted octanol–water partition coefficient (Wildman–Crippen LogP) is 4.99. The lowest BCUT2D eigenvalue weighted by Crippen LogP contribution is -2.25. The van der Waals surface area contributed by atoms with Crippen LogP contribution in [-0.4, -0.2) is 8.42 Å². The van der Waals surface area contributed by atoms with Gasteiger partial charge in [0.25, 0.3) is 0 Å². The molecule has 1 heterocycles. The Morgan fingerprint density at radius 1 is 0.935 bits per heavy atom. The first-order valence-corrected chi connectivity index (χ1v) is 11.2. The molecular weight excluding hydrogens is 432 g/mol. The molecule has 0 saturated carbocycles. The Bertz CT molecular complexity index is 1340. The summed E-state index contributed by atoms with van der Waals surface area (Å²) in [6, 6.07) is 25.6. The molecule has 0 radical (unpaired) electrons. The first-order chi connectivity index (χ1) is 14.9. The summed E-state index contributed by atoms with van der Waals surface area (Å²) in [5.41, 5.74) is 7.17. The molecule has 1 aliphatic heterocycles. The van der Waals surface area contributed by atoms with Crippen LogP contribution in [0, 0.1) is 11.3 Å². The van der Waals surface area contributed by atoms with Crippen molar-refractivity contribution < 1.29 is 13.2 Å². The van der Waals surface area contributed by atoms with E-state index in [4.69, 9.17) is 22.1 Å². The predicted molar refractivity (Wildman–Crippen MR) is 119 cm³/mol. The first-order valence-electron chi connectivity index (χ1n) is 9.36. The largest absolute Gasteiger partial charge is 0.439 e. The summed E-state index contributed by atoms with van der Waals surface area (Å²) >= 11 is 6.20. The van der Waals surface area contributed by atoms with Crippen molar-refractivity contribution in [1.29, 1.82) is 5.26 Å². The quantitative estimate of drug-likeness (QED) is 0.606. The van der Waals surface area contributed by atoms with Crippen molar-refractivity contribution in [3.05, 3.63) is 117 Å². The molecule has 0 bridgehead atoms. The minimum absolute atomic E-state index is 0.0106. The van der Waals surface area contributed by atoms with Crippen LogP contribution in [0.4, 0.5) is 0 Å². The molecule has 154 valence electrons. The Labute approximate surface area is 185 Å². The second kappa shape index (κ2) is 8.31. The standard InChI is InChI=1S/C24H17ClN2O3S/c25-18-11-7-10-17(14-18)21-20(15-26)24(27)30-22(16-8-3-1-4-9-16)23(21)31(28,29)19-12-5-2-6-13-19/h1-14,21H,27H2. The number of allylic oxidation sites excluding steroid dienone is 2. The molecule has 31 heavy (non-hydrogen) atoms. The van der Waals surface area contributed by atoms with E-state index >= 15 is 0 Å². The van der Waals surface area contributed by atoms with Gasteiger partial charge in [0, 0.05) is 10.6 Å². The number of rotatable bonds is 4. The van der Waals surface area contributed by atoms with Crippen LogP contribution in [0.25, 0.3) is 5.76 Å². The van der Waals surface area contributed by atoms with Crippen LogP contribution >= 0.6 is 11.6 Å². The van der Waals surface area contributed by atoms with Crippen LogP contribution < -0.4 is 5.73 Å². The fourth-order valence-electron chi connectivity index (χ4n) is 3.54. The van der Waals surface area contributed by atoms with Crippen LogP contribution in [-0.2, 0) is 14.6 Å². The van der Waals surface area contributed by atoms with E-state index in [1.165, 1.54) is 12.1 Å². The molecule has 0 amide bonds. The molecule has 7 heteroatoms. The topological polar surface area (TPSA) is 93.2 Å². The highest BCUT2D eigenvalue weighted by atomic mass is 35.5. The Kier molecular flexibility index (Phi) is 5.55. The number of hydrogen-bond acceptors (Lipinski definition) is 5. The van der Waals surface area contributed by atoms with E-state index in [9.17, 15) is 13.7 Å². The van der Waals surface area contributed by atoms with Crippen LogP contribution in [0.5, 0.6) is 0 Å². The SMILES string of the molecule is N#CC1=C(N)OC(c2ccccc2)=C(S(=O)(=O)c2ccccc2)C1c1cccc(Cl)c1. The van der Waals surface area contributed by atoms with Crippen LogP contribution in [0.2, 0.25) is 5.02 Å². The highest BCUT2D eigenvalue weighted by molar-refractivity contribution is 7.95. The van der Waals surface area contributed by atoms with Gasteiger partial charge in [-0.3, -0.25) is 0 Å². The van der Waals surface area contributed by atoms with Gasteiger partial charge in [0.2, 0.25) is 15.7 Å². The molecule has 0 spiro atoms. The van der Waals surface area contributed by atoms with Gasteiger partial charge in [-0.05, 0) is 29.8 Å². The summed E-state index contributed by atoms with van der Waals surface area (Å²) in [5, 5.41) is 10.3. The average Bonchev–Trinajstić information content (AvgIpc) is 2.79. The number of nitrogens with zero attached hydrogens (tertiary/aromatic N) is 1. The van der Waals surface area contributed by atoms with E-state index in [0.717, 1.165) is 0 Å². The van der Waals surface area contributed by atoms with Crippen molar-refractivity contribution in [1.82, 2.24) is 0 Å². The molecule has 4 rings (SSSR count). The third-order valence-electron chi connectivity index (χ3n) is 4.93. The van der Waals surface area contributed by atoms with E-state index in [-0.39, 0.29) is 27.0 Å². The lowest BCUT2D eigenvalue weighted by atomic mass is 9.88. The van der Waals surface area contributed by atoms with Crippen LogP contribution in [0.1, 0.15) is 17.0 Å². The normalized spacial score (nSPS) is 16.6. The number of ether oxygens (including phenoxy) is 1. The van der Waals surface area contributed by atoms with Gasteiger partial charge in [-0.15, -0.1) is 0 Å². The maximum Gasteiger partial charge on any atom is 0.207 e. The highest BCUT2D eigenvalue weighted by Gasteiger charge is 2.41. The van der Waals surface area contributed by atoms with Gasteiger partial charge in [0.15, 0.2) is 5.76 Å². The Balaban J connectivity index is 2.09. The van der Waals surface area contributed by atoms with E-state index in [2.05, 4.69) is 0 Å². The van der Waals surface area contributed by atoms with Crippen LogP contribution in [0.3, 0.4) is 0 Å². The molecule has 2 N–H and O–H groups in total. The van der Waals surface area contributed by atoms with Crippen molar-refractivity contribution in [3.63, 3.8) is 0 Å². The molecular formula is C24H17ClN2O3S. The van der Waals surface area contributed by atoms with Gasteiger partial charge in [0.1, 0.15) is 16.5 Å². The maximum atomic E-state index is 13.9. The summed E-state index contributed by atoms with van der Waals surface area (Å²) in [5.74, 6) is -1.03. The smallest absolute Gasteiger partial charge is 0.207 e. The van der Waals surface area contributed by atoms with Gasteiger partial charge >= 0.3 is 0 Å². The first kappa shape index (κ1) is 20.7. The van der Waals surface area contributed by atoms with Crippen molar-refractivity contribution in [3.8, 4) is 6.07 Å². The number of benzene rings is 3. The summed E-state index contributed by atoms with van der Waals surface area (Å²) in [7, 11) is -4.07. The summed E-state index contributed by atoms with van der Waals surface area (Å²) in [6.45, 7) is 0. The number of nitriles is 1. The molecule has 0 saturated heterocycles. The molecule has 0 aromatic heterocycles. The fraction of sp³-hybridized carbons (Fsp3) is 0.0417. The van der Waals surface area contributed by atoms with Crippen molar-refractivity contribution in [2.24, 2.45) is 5.73 Å². The number of nitrogens with two attached hydrogens (primary N) is 1. The molecule has 1 aliphatic rings. The Morgan fingerprint density at radius 2 is 1.58 bits per heavy atom. The van der Waals surface area contributed by atoms with Gasteiger partial charge in [0.05, 0.1) is 10.8 Å². The third-order valence-corrected chi connectivity index (χ3v) is 7.06. The maximum absolute atomic E-state index is 13.9. The average molecular weight is 449 g/mol. The minimum atomic E-state index is -4.07. The molecule has 1 atom stereocenters. The molecule has 3 aromatic carbocycles. The van der Waals surface area contributed by atoms with Gasteiger partial charge in [-0.2, -0.15) is 5.26 Å². The fourth-order valence-corrected chi connectivity index (χ4v) is 5.47. The zero-order valence-corrected chi connectivity index (χ0v) is 17.8. The van der Waals surface area contributed by atoms with E-state index in [0.29, 0.717) is 16.1 Å².